The van der Waals surface area contributed by atoms with Crippen molar-refractivity contribution < 1.29 is 4.39 Å². The molecule has 0 aliphatic heterocycles. The molecule has 1 atom stereocenters. The minimum Gasteiger partial charge on any atom is -0.207 e. The molecule has 0 saturated heterocycles. The van der Waals surface area contributed by atoms with Crippen LogP contribution < -0.4 is 0 Å². The lowest BCUT2D eigenvalue weighted by molar-refractivity contribution is 0.630. The Morgan fingerprint density at radius 2 is 1.74 bits per heavy atom. The maximum Gasteiger partial charge on any atom is 0.124 e. The van der Waals surface area contributed by atoms with Crippen molar-refractivity contribution in [2.45, 2.75) is 52.4 Å². The summed E-state index contributed by atoms with van der Waals surface area (Å²) in [5.41, 5.74) is 1.54. The lowest BCUT2D eigenvalue weighted by Gasteiger charge is -2.06. The first-order valence-corrected chi connectivity index (χ1v) is 9.23. The largest absolute Gasteiger partial charge is 0.207 e. The number of hydrogen-bond acceptors (Lipinski definition) is 0. The molecule has 2 heteroatoms. The molecule has 0 bridgehead atoms. The Hall–Kier alpha value is -0.810. The maximum atomic E-state index is 13.5. The predicted octanol–water partition coefficient (Wildman–Crippen LogP) is 6.19. The lowest BCUT2D eigenvalue weighted by atomic mass is 10.0. The van der Waals surface area contributed by atoms with Crippen LogP contribution in [0.25, 0.3) is 10.5 Å². The second-order valence-electron chi connectivity index (χ2n) is 5.35. The number of benzene rings is 1. The van der Waals surface area contributed by atoms with E-state index in [4.69, 9.17) is 0 Å². The van der Waals surface area contributed by atoms with Gasteiger partial charge in [-0.15, -0.1) is 7.53 Å². The van der Waals surface area contributed by atoms with Gasteiger partial charge in [0.15, 0.2) is 0 Å². The minimum absolute atomic E-state index is 0.0836. The first kappa shape index (κ1) is 14.6. The number of halogens is 1. The molecule has 104 valence electrons. The zero-order valence-corrected chi connectivity index (χ0v) is 13.2. The van der Waals surface area contributed by atoms with Gasteiger partial charge in [0.1, 0.15) is 5.82 Å². The summed E-state index contributed by atoms with van der Waals surface area (Å²) in [6.07, 6.45) is 7.33. The minimum atomic E-state index is -0.288. The van der Waals surface area contributed by atoms with Crippen LogP contribution in [0.1, 0.15) is 50.4 Å². The highest BCUT2D eigenvalue weighted by Gasteiger charge is 2.15. The van der Waals surface area contributed by atoms with Gasteiger partial charge in [0.2, 0.25) is 0 Å². The van der Waals surface area contributed by atoms with E-state index in [0.29, 0.717) is 0 Å². The number of aryl methyl sites for hydroxylation is 2. The van der Waals surface area contributed by atoms with Gasteiger partial charge >= 0.3 is 0 Å². The summed E-state index contributed by atoms with van der Waals surface area (Å²) in [5.74, 6) is -0.0836. The van der Waals surface area contributed by atoms with Crippen molar-refractivity contribution >= 4 is 18.0 Å². The Labute approximate surface area is 117 Å². The predicted molar refractivity (Wildman–Crippen MR) is 84.8 cm³/mol. The molecule has 0 fully saturated rings. The van der Waals surface area contributed by atoms with Crippen molar-refractivity contribution in [1.82, 2.24) is 0 Å². The third kappa shape index (κ3) is 3.03. The molecule has 1 aromatic heterocycles. The summed E-state index contributed by atoms with van der Waals surface area (Å²) in [4.78, 5) is 0. The maximum absolute atomic E-state index is 13.5. The van der Waals surface area contributed by atoms with Crippen molar-refractivity contribution in [1.29, 1.82) is 0 Å². The van der Waals surface area contributed by atoms with Gasteiger partial charge in [-0.05, 0) is 60.7 Å². The van der Waals surface area contributed by atoms with Gasteiger partial charge < -0.3 is 0 Å². The van der Waals surface area contributed by atoms with Crippen LogP contribution in [0.3, 0.4) is 0 Å². The number of fused-ring (bicyclic) bond motifs is 1. The fraction of sp³-hybridized carbons (Fsp3) is 0.529. The quantitative estimate of drug-likeness (QED) is 0.591. The average molecular weight is 278 g/mol. The number of rotatable bonds is 6. The van der Waals surface area contributed by atoms with E-state index >= 15 is 0 Å². The molecule has 0 amide bonds. The van der Waals surface area contributed by atoms with Gasteiger partial charge in [-0.1, -0.05) is 32.8 Å². The van der Waals surface area contributed by atoms with Gasteiger partial charge in [0.05, 0.1) is 0 Å². The van der Waals surface area contributed by atoms with Crippen molar-refractivity contribution in [3.63, 3.8) is 0 Å². The van der Waals surface area contributed by atoms with E-state index in [1.54, 1.807) is 23.0 Å². The van der Waals surface area contributed by atoms with Crippen molar-refractivity contribution in [3.05, 3.63) is 34.9 Å². The van der Waals surface area contributed by atoms with Gasteiger partial charge in [0, 0.05) is 5.12 Å². The molecule has 1 heterocycles. The van der Waals surface area contributed by atoms with E-state index < -0.39 is 0 Å². The molecule has 0 spiro atoms. The first-order chi connectivity index (χ1) is 9.19. The van der Waals surface area contributed by atoms with Crippen LogP contribution in [0, 0.1) is 5.82 Å². The molecule has 0 radical (unpaired) electrons. The summed E-state index contributed by atoms with van der Waals surface area (Å²) >= 11 is 0. The van der Waals surface area contributed by atoms with E-state index in [2.05, 4.69) is 20.5 Å². The van der Waals surface area contributed by atoms with Crippen molar-refractivity contribution in [3.8, 4) is 0 Å². The first-order valence-electron chi connectivity index (χ1n) is 7.44. The average Bonchev–Trinajstić information content (AvgIpc) is 2.66. The van der Waals surface area contributed by atoms with Gasteiger partial charge in [-0.3, -0.25) is 0 Å². The normalized spacial score (nSPS) is 12.3. The zero-order chi connectivity index (χ0) is 13.8. The molecule has 0 aliphatic carbocycles. The van der Waals surface area contributed by atoms with Gasteiger partial charge in [-0.2, -0.15) is 0 Å². The molecular formula is C17H24FP. The van der Waals surface area contributed by atoms with Crippen LogP contribution in [-0.4, -0.2) is 0 Å². The van der Waals surface area contributed by atoms with Crippen molar-refractivity contribution in [2.75, 3.05) is 0 Å². The Balaban J connectivity index is 2.51. The number of hydrogen-bond donors (Lipinski definition) is 0. The van der Waals surface area contributed by atoms with Crippen LogP contribution in [0.2, 0.25) is 0 Å². The monoisotopic (exact) mass is 278 g/mol. The number of unbranched alkanes of at least 4 members (excludes halogenated alkanes) is 2. The second kappa shape index (κ2) is 6.57. The Kier molecular flexibility index (Phi) is 5.05. The van der Waals surface area contributed by atoms with E-state index in [9.17, 15) is 4.39 Å². The van der Waals surface area contributed by atoms with E-state index in [-0.39, 0.29) is 13.4 Å². The van der Waals surface area contributed by atoms with Crippen LogP contribution in [-0.2, 0) is 19.5 Å². The SMILES string of the molecule is CCCCc1c(CCCC)p(C)c2cc(F)ccc12. The topological polar surface area (TPSA) is 0 Å². The Bertz CT molecular complexity index is 554. The highest BCUT2D eigenvalue weighted by molar-refractivity contribution is 7.54. The third-order valence-corrected chi connectivity index (χ3v) is 6.34. The van der Waals surface area contributed by atoms with E-state index in [1.807, 2.05) is 6.07 Å². The summed E-state index contributed by atoms with van der Waals surface area (Å²) in [5, 5.41) is 4.24. The standard InChI is InChI=1S/C17H24FP/c1-4-6-8-14-15-11-10-13(18)12-17(15)19(3)16(14)9-7-5-2/h10-12H,4-9H2,1-3H3. The summed E-state index contributed by atoms with van der Waals surface area (Å²) < 4.78 is 13.5. The molecule has 0 nitrogen and oxygen atoms in total. The molecule has 19 heavy (non-hydrogen) atoms. The van der Waals surface area contributed by atoms with E-state index in [0.717, 1.165) is 0 Å². The van der Waals surface area contributed by atoms with Crippen molar-refractivity contribution in [2.24, 2.45) is 6.66 Å². The van der Waals surface area contributed by atoms with Crippen LogP contribution >= 0.6 is 7.53 Å². The molecule has 2 rings (SSSR count). The lowest BCUT2D eigenvalue weighted by Crippen LogP contribution is -1.90. The fourth-order valence-corrected chi connectivity index (χ4v) is 5.15. The van der Waals surface area contributed by atoms with Crippen LogP contribution in [0.4, 0.5) is 4.39 Å². The molecule has 0 saturated carbocycles. The fourth-order valence-electron chi connectivity index (χ4n) is 2.84. The summed E-state index contributed by atoms with van der Waals surface area (Å²) in [6.45, 7) is 6.78. The molecule has 2 aromatic rings. The van der Waals surface area contributed by atoms with Gasteiger partial charge in [-0.25, -0.2) is 4.39 Å². The molecule has 0 N–H and O–H groups in total. The smallest absolute Gasteiger partial charge is 0.124 e. The van der Waals surface area contributed by atoms with E-state index in [1.165, 1.54) is 49.0 Å². The summed E-state index contributed by atoms with van der Waals surface area (Å²) in [6, 6.07) is 5.40. The van der Waals surface area contributed by atoms with Crippen LogP contribution in [0.5, 0.6) is 0 Å². The molecule has 1 unspecified atom stereocenters. The highest BCUT2D eigenvalue weighted by Crippen LogP contribution is 2.46. The third-order valence-electron chi connectivity index (χ3n) is 3.95. The molecule has 0 aliphatic rings. The Morgan fingerprint density at radius 3 is 2.42 bits per heavy atom. The molecular weight excluding hydrogens is 254 g/mol. The van der Waals surface area contributed by atoms with Gasteiger partial charge in [0.25, 0.3) is 0 Å². The second-order valence-corrected chi connectivity index (χ2v) is 7.49. The summed E-state index contributed by atoms with van der Waals surface area (Å²) in [7, 11) is -0.288. The highest BCUT2D eigenvalue weighted by atomic mass is 31.1. The molecule has 1 aromatic carbocycles. The Morgan fingerprint density at radius 1 is 1.05 bits per heavy atom. The zero-order valence-electron chi connectivity index (χ0n) is 12.3. The van der Waals surface area contributed by atoms with Crippen LogP contribution in [0.15, 0.2) is 18.2 Å².